The number of benzene rings is 2. The second kappa shape index (κ2) is 6.74. The van der Waals surface area contributed by atoms with Crippen LogP contribution in [-0.2, 0) is 5.60 Å². The Kier molecular flexibility index (Phi) is 5.59. The van der Waals surface area contributed by atoms with Gasteiger partial charge in [0.25, 0.3) is 0 Å². The van der Waals surface area contributed by atoms with Crippen molar-refractivity contribution in [1.82, 2.24) is 0 Å². The van der Waals surface area contributed by atoms with Crippen molar-refractivity contribution in [3.05, 3.63) is 65.7 Å². The molecule has 0 bridgehead atoms. The molecule has 19 heavy (non-hydrogen) atoms. The van der Waals surface area contributed by atoms with Gasteiger partial charge in [0.15, 0.2) is 0 Å². The maximum atomic E-state index is 10.9. The maximum absolute atomic E-state index is 10.9. The zero-order valence-corrected chi connectivity index (χ0v) is 11.5. The molecule has 0 aliphatic carbocycles. The Morgan fingerprint density at radius 1 is 1.00 bits per heavy atom. The Labute approximate surface area is 118 Å². The van der Waals surface area contributed by atoms with E-state index in [0.717, 1.165) is 16.9 Å². The molecule has 2 atom stereocenters. The minimum absolute atomic E-state index is 0. The molecule has 0 amide bonds. The van der Waals surface area contributed by atoms with Gasteiger partial charge in [-0.25, -0.2) is 0 Å². The number of aliphatic hydroxyl groups is 1. The van der Waals surface area contributed by atoms with Gasteiger partial charge < -0.3 is 9.84 Å². The quantitative estimate of drug-likeness (QED) is 0.678. The molecule has 4 heteroatoms. The summed E-state index contributed by atoms with van der Waals surface area (Å²) in [7, 11) is 4.25. The molecule has 2 unspecified atom stereocenters. The minimum atomic E-state index is -0.974. The van der Waals surface area contributed by atoms with E-state index in [0.29, 0.717) is 6.16 Å². The van der Waals surface area contributed by atoms with E-state index < -0.39 is 5.60 Å². The molecule has 0 heterocycles. The fourth-order valence-corrected chi connectivity index (χ4v) is 2.45. The van der Waals surface area contributed by atoms with Gasteiger partial charge in [0.1, 0.15) is 11.4 Å². The molecule has 2 aromatic carbocycles. The summed E-state index contributed by atoms with van der Waals surface area (Å²) in [5.41, 5.74) is 0.785. The largest absolute Gasteiger partial charge is 0.497 e. The first-order chi connectivity index (χ1) is 8.70. The van der Waals surface area contributed by atoms with Crippen LogP contribution in [-0.4, -0.2) is 26.8 Å². The van der Waals surface area contributed by atoms with Crippen LogP contribution in [0.15, 0.2) is 54.6 Å². The first kappa shape index (κ1) is 15.8. The fraction of sp³-hybridized carbons (Fsp3) is 0.200. The van der Waals surface area contributed by atoms with Gasteiger partial charge in [-0.05, 0) is 29.4 Å². The van der Waals surface area contributed by atoms with Crippen molar-refractivity contribution in [2.75, 3.05) is 13.3 Å². The predicted molar refractivity (Wildman–Crippen MR) is 87.0 cm³/mol. The molecule has 0 spiro atoms. The van der Waals surface area contributed by atoms with Crippen molar-refractivity contribution in [2.24, 2.45) is 0 Å². The SMILES string of the molecule is B.COc1ccc(C(O)(CP)c2ccccc2)cc1. The van der Waals surface area contributed by atoms with Crippen LogP contribution in [0.25, 0.3) is 0 Å². The van der Waals surface area contributed by atoms with E-state index in [1.165, 1.54) is 0 Å². The number of ether oxygens (including phenoxy) is 1. The van der Waals surface area contributed by atoms with Gasteiger partial charge in [0.05, 0.1) is 15.5 Å². The van der Waals surface area contributed by atoms with Crippen molar-refractivity contribution in [3.63, 3.8) is 0 Å². The van der Waals surface area contributed by atoms with Crippen LogP contribution in [0.5, 0.6) is 5.75 Å². The molecule has 0 saturated carbocycles. The Bertz CT molecular complexity index is 501. The lowest BCUT2D eigenvalue weighted by molar-refractivity contribution is 0.107. The number of hydrogen-bond acceptors (Lipinski definition) is 2. The number of methoxy groups -OCH3 is 1. The maximum Gasteiger partial charge on any atom is 0.118 e. The molecule has 0 fully saturated rings. The Morgan fingerprint density at radius 2 is 1.53 bits per heavy atom. The lowest BCUT2D eigenvalue weighted by atomic mass is 9.88. The second-order valence-corrected chi connectivity index (χ2v) is 4.57. The van der Waals surface area contributed by atoms with Crippen molar-refractivity contribution in [1.29, 1.82) is 0 Å². The molecule has 1 N–H and O–H groups in total. The second-order valence-electron chi connectivity index (χ2n) is 4.16. The first-order valence-electron chi connectivity index (χ1n) is 5.83. The topological polar surface area (TPSA) is 29.5 Å². The predicted octanol–water partition coefficient (Wildman–Crippen LogP) is 1.62. The zero-order valence-electron chi connectivity index (χ0n) is 10.3. The molecule has 0 aliphatic heterocycles. The summed E-state index contributed by atoms with van der Waals surface area (Å²) in [5.74, 6) is 0.790. The van der Waals surface area contributed by atoms with Gasteiger partial charge in [-0.15, -0.1) is 9.24 Å². The summed E-state index contributed by atoms with van der Waals surface area (Å²) < 4.78 is 5.13. The van der Waals surface area contributed by atoms with Crippen LogP contribution in [0, 0.1) is 0 Å². The summed E-state index contributed by atoms with van der Waals surface area (Å²) in [6, 6.07) is 17.2. The first-order valence-corrected chi connectivity index (χ1v) is 6.65. The normalized spacial score (nSPS) is 13.2. The average molecular weight is 274 g/mol. The fourth-order valence-electron chi connectivity index (χ4n) is 1.98. The number of rotatable bonds is 4. The number of hydrogen-bond donors (Lipinski definition) is 1. The molecule has 2 nitrogen and oxygen atoms in total. The highest BCUT2D eigenvalue weighted by molar-refractivity contribution is 7.16. The van der Waals surface area contributed by atoms with Crippen molar-refractivity contribution in [3.8, 4) is 5.75 Å². The molecule has 0 aliphatic rings. The van der Waals surface area contributed by atoms with Gasteiger partial charge in [0.2, 0.25) is 0 Å². The van der Waals surface area contributed by atoms with E-state index >= 15 is 0 Å². The highest BCUT2D eigenvalue weighted by atomic mass is 31.0. The summed E-state index contributed by atoms with van der Waals surface area (Å²) in [6.07, 6.45) is 0.545. The Balaban J connectivity index is 0.00000180. The standard InChI is InChI=1S/C15H17O2P.BH3/c1-17-14-9-7-13(8-10-14)15(16,11-18)12-5-3-2-4-6-12;/h2-10,16H,11,18H2,1H3;1H3. The summed E-state index contributed by atoms with van der Waals surface area (Å²) >= 11 is 0. The van der Waals surface area contributed by atoms with Gasteiger partial charge in [-0.1, -0.05) is 42.5 Å². The molecule has 0 saturated heterocycles. The smallest absolute Gasteiger partial charge is 0.118 e. The van der Waals surface area contributed by atoms with E-state index in [4.69, 9.17) is 4.74 Å². The molecular formula is C15H20BO2P. The molecule has 2 rings (SSSR count). The van der Waals surface area contributed by atoms with Gasteiger partial charge in [0, 0.05) is 0 Å². The highest BCUT2D eigenvalue weighted by Crippen LogP contribution is 2.32. The van der Waals surface area contributed by atoms with E-state index in [9.17, 15) is 5.11 Å². The van der Waals surface area contributed by atoms with Crippen LogP contribution < -0.4 is 4.74 Å². The molecule has 100 valence electrons. The molecule has 0 radical (unpaired) electrons. The van der Waals surface area contributed by atoms with E-state index in [-0.39, 0.29) is 8.41 Å². The third kappa shape index (κ3) is 3.18. The van der Waals surface area contributed by atoms with E-state index in [1.54, 1.807) is 7.11 Å². The summed E-state index contributed by atoms with van der Waals surface area (Å²) in [4.78, 5) is 0. The highest BCUT2D eigenvalue weighted by Gasteiger charge is 2.29. The van der Waals surface area contributed by atoms with Crippen molar-refractivity contribution in [2.45, 2.75) is 5.60 Å². The Hall–Kier alpha value is -1.31. The van der Waals surface area contributed by atoms with Crippen molar-refractivity contribution < 1.29 is 9.84 Å². The van der Waals surface area contributed by atoms with Gasteiger partial charge in [-0.2, -0.15) is 0 Å². The summed E-state index contributed by atoms with van der Waals surface area (Å²) in [6.45, 7) is 0. The van der Waals surface area contributed by atoms with Crippen LogP contribution in [0.1, 0.15) is 11.1 Å². The summed E-state index contributed by atoms with van der Waals surface area (Å²) in [5, 5.41) is 10.9. The van der Waals surface area contributed by atoms with E-state index in [2.05, 4.69) is 9.24 Å². The Morgan fingerprint density at radius 3 is 2.00 bits per heavy atom. The zero-order chi connectivity index (χ0) is 13.0. The molecule has 0 aromatic heterocycles. The third-order valence-corrected chi connectivity index (χ3v) is 3.71. The molecule has 2 aromatic rings. The minimum Gasteiger partial charge on any atom is -0.497 e. The third-order valence-electron chi connectivity index (χ3n) is 3.11. The van der Waals surface area contributed by atoms with Crippen molar-refractivity contribution >= 4 is 17.7 Å². The van der Waals surface area contributed by atoms with Crippen LogP contribution in [0.2, 0.25) is 0 Å². The monoisotopic (exact) mass is 274 g/mol. The van der Waals surface area contributed by atoms with Crippen LogP contribution >= 0.6 is 9.24 Å². The lowest BCUT2D eigenvalue weighted by Crippen LogP contribution is -2.28. The van der Waals surface area contributed by atoms with Gasteiger partial charge in [-0.3, -0.25) is 0 Å². The average Bonchev–Trinajstić information content (AvgIpc) is 2.47. The lowest BCUT2D eigenvalue weighted by Gasteiger charge is -2.28. The van der Waals surface area contributed by atoms with E-state index in [1.807, 2.05) is 54.6 Å². The van der Waals surface area contributed by atoms with Gasteiger partial charge >= 0.3 is 0 Å². The van der Waals surface area contributed by atoms with Crippen LogP contribution in [0.4, 0.5) is 0 Å². The van der Waals surface area contributed by atoms with Crippen LogP contribution in [0.3, 0.4) is 0 Å². The molecular weight excluding hydrogens is 254 g/mol.